The van der Waals surface area contributed by atoms with Gasteiger partial charge in [0.1, 0.15) is 11.6 Å². The molecule has 2 unspecified atom stereocenters. The van der Waals surface area contributed by atoms with Crippen LogP contribution in [0.25, 0.3) is 0 Å². The van der Waals surface area contributed by atoms with E-state index in [9.17, 15) is 35.1 Å². The summed E-state index contributed by atoms with van der Waals surface area (Å²) in [6.07, 6.45) is -10.6. The number of halogens is 9. The Hall–Kier alpha value is -4.07. The second-order valence-electron chi connectivity index (χ2n) is 9.42. The summed E-state index contributed by atoms with van der Waals surface area (Å²) in [5.74, 6) is -4.77. The molecule has 3 saturated heterocycles. The number of fused-ring (bicyclic) bond motifs is 2. The molecule has 0 spiro atoms. The highest BCUT2D eigenvalue weighted by Gasteiger charge is 2.40. The Kier molecular flexibility index (Phi) is 11.1. The first kappa shape index (κ1) is 34.4. The van der Waals surface area contributed by atoms with Crippen LogP contribution in [0.4, 0.5) is 62.7 Å². The van der Waals surface area contributed by atoms with Gasteiger partial charge in [-0.25, -0.2) is 32.7 Å². The molecule has 4 N–H and O–H groups in total. The fraction of sp³-hybridized carbons (Fsp3) is 0.500. The topological polar surface area (TPSA) is 140 Å². The zero-order valence-corrected chi connectivity index (χ0v) is 22.3. The van der Waals surface area contributed by atoms with Crippen LogP contribution in [0.5, 0.6) is 0 Å². The minimum Gasteiger partial charge on any atom is -0.475 e. The Morgan fingerprint density at radius 2 is 1.61 bits per heavy atom. The van der Waals surface area contributed by atoms with Crippen LogP contribution in [0, 0.1) is 5.82 Å². The van der Waals surface area contributed by atoms with Crippen LogP contribution in [-0.2, 0) is 14.3 Å². The van der Waals surface area contributed by atoms with Gasteiger partial charge in [0.25, 0.3) is 6.43 Å². The fourth-order valence-corrected chi connectivity index (χ4v) is 4.36. The summed E-state index contributed by atoms with van der Waals surface area (Å²) in [6, 6.07) is 5.10. The third kappa shape index (κ3) is 9.21. The summed E-state index contributed by atoms with van der Waals surface area (Å²) < 4.78 is 110. The highest BCUT2D eigenvalue weighted by Crippen LogP contribution is 2.37. The zero-order chi connectivity index (χ0) is 32.8. The largest absolute Gasteiger partial charge is 0.490 e. The lowest BCUT2D eigenvalue weighted by Crippen LogP contribution is -2.44. The molecule has 5 rings (SSSR count). The minimum absolute atomic E-state index is 0.150. The second kappa shape index (κ2) is 14.1. The lowest BCUT2D eigenvalue weighted by Gasteiger charge is -2.33. The maximum absolute atomic E-state index is 15.6. The van der Waals surface area contributed by atoms with Gasteiger partial charge in [0.15, 0.2) is 11.6 Å². The van der Waals surface area contributed by atoms with Gasteiger partial charge in [-0.3, -0.25) is 0 Å². The number of nitrogens with zero attached hydrogens (tertiary/aromatic N) is 4. The number of rotatable bonds is 5. The van der Waals surface area contributed by atoms with E-state index in [0.717, 1.165) is 25.7 Å². The summed E-state index contributed by atoms with van der Waals surface area (Å²) in [4.78, 5) is 30.3. The SMILES string of the molecule is Fc1c(N2CC3CC2CN3)cc(Nc2ccc(C(F)F)cn2)nc1N1CCOCC1.O=C(O)C(F)(F)F.O=C(O)C(F)(F)F. The standard InChI is InChI=1S/C20H23F3N6O.2C2HF3O2/c21-18-15(29-11-13-7-14(29)10-24-13)8-17(27-20(18)28-3-5-30-6-4-28)26-16-2-1-12(9-25-16)19(22)23;2*3-2(4,5)1(6)7/h1-2,8-9,13-14,19,24H,3-7,10-11H2,(H,25,26,27);2*(H,6,7). The Bertz CT molecular complexity index is 1270. The number of aliphatic carboxylic acids is 2. The summed E-state index contributed by atoms with van der Waals surface area (Å²) >= 11 is 0. The monoisotopic (exact) mass is 648 g/mol. The molecule has 5 heterocycles. The van der Waals surface area contributed by atoms with E-state index in [4.69, 9.17) is 24.5 Å². The fourth-order valence-electron chi connectivity index (χ4n) is 4.36. The molecule has 0 aliphatic carbocycles. The molecule has 0 amide bonds. The van der Waals surface area contributed by atoms with Gasteiger partial charge in [-0.2, -0.15) is 26.3 Å². The molecular formula is C24H25F9N6O5. The van der Waals surface area contributed by atoms with E-state index < -0.39 is 30.7 Å². The molecule has 0 saturated carbocycles. The van der Waals surface area contributed by atoms with Crippen LogP contribution >= 0.6 is 0 Å². The first-order chi connectivity index (χ1) is 20.5. The molecule has 3 fully saturated rings. The predicted molar refractivity (Wildman–Crippen MR) is 135 cm³/mol. The van der Waals surface area contributed by atoms with Crippen LogP contribution < -0.4 is 20.4 Å². The first-order valence-corrected chi connectivity index (χ1v) is 12.6. The van der Waals surface area contributed by atoms with E-state index in [-0.39, 0.29) is 23.2 Å². The van der Waals surface area contributed by atoms with Crippen LogP contribution in [0.1, 0.15) is 18.4 Å². The van der Waals surface area contributed by atoms with E-state index in [1.54, 1.807) is 6.07 Å². The lowest BCUT2D eigenvalue weighted by molar-refractivity contribution is -0.193. The molecule has 11 nitrogen and oxygen atoms in total. The van der Waals surface area contributed by atoms with Crippen LogP contribution in [-0.4, -0.2) is 95.9 Å². The van der Waals surface area contributed by atoms with Gasteiger partial charge in [-0.15, -0.1) is 0 Å². The molecule has 244 valence electrons. The van der Waals surface area contributed by atoms with Crippen molar-refractivity contribution in [2.45, 2.75) is 37.3 Å². The highest BCUT2D eigenvalue weighted by atomic mass is 19.4. The number of carbonyl (C=O) groups is 2. The highest BCUT2D eigenvalue weighted by molar-refractivity contribution is 5.73. The van der Waals surface area contributed by atoms with E-state index in [0.29, 0.717) is 49.7 Å². The maximum Gasteiger partial charge on any atom is 0.490 e. The third-order valence-electron chi connectivity index (χ3n) is 6.38. The van der Waals surface area contributed by atoms with E-state index in [2.05, 4.69) is 25.5 Å². The number of hydrogen-bond acceptors (Lipinski definition) is 9. The number of ether oxygens (including phenoxy) is 1. The number of anilines is 4. The van der Waals surface area contributed by atoms with Gasteiger partial charge in [0, 0.05) is 56.1 Å². The summed E-state index contributed by atoms with van der Waals surface area (Å²) in [5.41, 5.74) is 0.357. The van der Waals surface area contributed by atoms with E-state index >= 15 is 4.39 Å². The summed E-state index contributed by atoms with van der Waals surface area (Å²) in [6.45, 7) is 3.73. The molecule has 0 radical (unpaired) electrons. The van der Waals surface area contributed by atoms with Crippen LogP contribution in [0.3, 0.4) is 0 Å². The van der Waals surface area contributed by atoms with E-state index in [1.807, 2.05) is 4.90 Å². The minimum atomic E-state index is -5.08. The van der Waals surface area contributed by atoms with Crippen molar-refractivity contribution < 1.29 is 64.1 Å². The van der Waals surface area contributed by atoms with Crippen molar-refractivity contribution in [3.05, 3.63) is 35.8 Å². The zero-order valence-electron chi connectivity index (χ0n) is 22.3. The average molecular weight is 648 g/mol. The number of morpholine rings is 1. The number of carboxylic acid groups (broad SMARTS) is 2. The lowest BCUT2D eigenvalue weighted by atomic mass is 10.2. The molecule has 44 heavy (non-hydrogen) atoms. The first-order valence-electron chi connectivity index (χ1n) is 12.6. The molecule has 2 bridgehead atoms. The summed E-state index contributed by atoms with van der Waals surface area (Å²) in [7, 11) is 0. The average Bonchev–Trinajstić information content (AvgIpc) is 3.58. The Morgan fingerprint density at radius 1 is 1.02 bits per heavy atom. The number of nitrogens with one attached hydrogen (secondary N) is 2. The van der Waals surface area contributed by atoms with Crippen molar-refractivity contribution in [1.82, 2.24) is 15.3 Å². The molecule has 2 aromatic rings. The quantitative estimate of drug-likeness (QED) is 0.351. The number of carboxylic acids is 2. The second-order valence-corrected chi connectivity index (χ2v) is 9.42. The predicted octanol–water partition coefficient (Wildman–Crippen LogP) is 3.95. The van der Waals surface area contributed by atoms with Crippen molar-refractivity contribution in [2.24, 2.45) is 0 Å². The molecule has 20 heteroatoms. The number of pyridine rings is 2. The summed E-state index contributed by atoms with van der Waals surface area (Å²) in [5, 5.41) is 20.7. The Balaban J connectivity index is 0.000000317. The molecule has 3 aliphatic rings. The van der Waals surface area contributed by atoms with Gasteiger partial charge < -0.3 is 35.4 Å². The molecule has 2 aromatic heterocycles. The van der Waals surface area contributed by atoms with Gasteiger partial charge in [-0.05, 0) is 18.6 Å². The van der Waals surface area contributed by atoms with Gasteiger partial charge in [-0.1, -0.05) is 0 Å². The molecule has 2 atom stereocenters. The molecule has 3 aliphatic heterocycles. The smallest absolute Gasteiger partial charge is 0.475 e. The molecular weight excluding hydrogens is 623 g/mol. The van der Waals surface area contributed by atoms with Crippen molar-refractivity contribution in [3.63, 3.8) is 0 Å². The van der Waals surface area contributed by atoms with Crippen LogP contribution in [0.15, 0.2) is 24.4 Å². The normalized spacial score (nSPS) is 19.6. The Labute approximate surface area is 242 Å². The van der Waals surface area contributed by atoms with Crippen LogP contribution in [0.2, 0.25) is 0 Å². The number of alkyl halides is 8. The van der Waals surface area contributed by atoms with Crippen molar-refractivity contribution in [1.29, 1.82) is 0 Å². The third-order valence-corrected chi connectivity index (χ3v) is 6.38. The van der Waals surface area contributed by atoms with Crippen molar-refractivity contribution in [3.8, 4) is 0 Å². The van der Waals surface area contributed by atoms with E-state index in [1.165, 1.54) is 12.1 Å². The van der Waals surface area contributed by atoms with Crippen molar-refractivity contribution >= 4 is 35.1 Å². The number of hydrogen-bond donors (Lipinski definition) is 4. The maximum atomic E-state index is 15.6. The molecule has 0 aromatic carbocycles. The van der Waals surface area contributed by atoms with Gasteiger partial charge in [0.05, 0.1) is 18.9 Å². The van der Waals surface area contributed by atoms with Crippen molar-refractivity contribution in [2.75, 3.05) is 54.5 Å². The Morgan fingerprint density at radius 3 is 2.05 bits per heavy atom. The van der Waals surface area contributed by atoms with Gasteiger partial charge in [0.2, 0.25) is 0 Å². The number of aromatic nitrogens is 2. The van der Waals surface area contributed by atoms with Gasteiger partial charge >= 0.3 is 24.3 Å². The number of piperazine rings is 1.